The lowest BCUT2D eigenvalue weighted by molar-refractivity contribution is -0.138. The number of rotatable bonds is 5. The van der Waals surface area contributed by atoms with Gasteiger partial charge >= 0.3 is 0 Å². The van der Waals surface area contributed by atoms with Gasteiger partial charge in [-0.05, 0) is 144 Å². The van der Waals surface area contributed by atoms with Crippen molar-refractivity contribution < 1.29 is 23.9 Å². The molecule has 9 aliphatic rings. The Morgan fingerprint density at radius 1 is 0.838 bits per heavy atom. The van der Waals surface area contributed by atoms with Gasteiger partial charge in [0, 0.05) is 47.7 Å². The zero-order chi connectivity index (χ0) is 46.1. The Morgan fingerprint density at radius 2 is 1.62 bits per heavy atom. The van der Waals surface area contributed by atoms with Gasteiger partial charge in [0.25, 0.3) is 11.5 Å². The van der Waals surface area contributed by atoms with Crippen molar-refractivity contribution in [1.82, 2.24) is 34.5 Å². The highest BCUT2D eigenvalue weighted by atomic mass is 35.5. The van der Waals surface area contributed by atoms with Crippen LogP contribution in [0.5, 0.6) is 5.75 Å². The minimum absolute atomic E-state index is 0.0606. The number of halogens is 1. The van der Waals surface area contributed by atoms with Gasteiger partial charge in [0.15, 0.2) is 0 Å². The standard InChI is InChI=1S/C54H60ClN7O6/c55-40-5-4-6-42-46(40)49(66)57-51-54(15-2-1-3-16-54)39-27-34(7-10-41(39)62(42)51)33-13-21-58(22-14-33)31-45(64)60-23-17-52(18-24-60)28-35(29-52)59-25-19-53(20-26-59)32-68-47-37-30-61(43-11-12-44(63)56-48(43)65)50(67)36(37)8-9-38(47)53/h4-10,27,33,35,43H,1-3,11-26,28-32H2,(H,56,63,65)/t43-/m0/s1. The van der Waals surface area contributed by atoms with E-state index >= 15 is 0 Å². The topological polar surface area (TPSA) is 137 Å². The van der Waals surface area contributed by atoms with Crippen LogP contribution < -0.4 is 15.6 Å². The zero-order valence-electron chi connectivity index (χ0n) is 38.8. The number of hydrogen-bond acceptors (Lipinski definition) is 9. The Balaban J connectivity index is 0.594. The first-order valence-corrected chi connectivity index (χ1v) is 25.9. The van der Waals surface area contributed by atoms with Crippen LogP contribution in [0.3, 0.4) is 0 Å². The summed E-state index contributed by atoms with van der Waals surface area (Å²) in [6.07, 6.45) is 14.7. The monoisotopic (exact) mass is 937 g/mol. The first-order chi connectivity index (χ1) is 33.0. The second-order valence-corrected chi connectivity index (χ2v) is 22.5. The van der Waals surface area contributed by atoms with Gasteiger partial charge in [-0.25, -0.2) is 0 Å². The summed E-state index contributed by atoms with van der Waals surface area (Å²) in [6.45, 7) is 7.05. The second-order valence-electron chi connectivity index (χ2n) is 22.1. The normalized spacial score (nSPS) is 25.4. The van der Waals surface area contributed by atoms with E-state index < -0.39 is 11.9 Å². The highest BCUT2D eigenvalue weighted by Crippen LogP contribution is 2.55. The van der Waals surface area contributed by atoms with Gasteiger partial charge in [-0.2, -0.15) is 4.98 Å². The maximum absolute atomic E-state index is 13.8. The number of carbonyl (C=O) groups excluding carboxylic acids is 4. The van der Waals surface area contributed by atoms with E-state index in [2.05, 4.69) is 48.8 Å². The number of benzene rings is 3. The molecular formula is C54H60ClN7O6. The van der Waals surface area contributed by atoms with E-state index in [9.17, 15) is 24.0 Å². The molecule has 1 atom stereocenters. The zero-order valence-corrected chi connectivity index (χ0v) is 39.6. The van der Waals surface area contributed by atoms with Crippen molar-refractivity contribution in [3.05, 3.63) is 97.5 Å². The first kappa shape index (κ1) is 43.0. The number of amides is 4. The van der Waals surface area contributed by atoms with Crippen molar-refractivity contribution in [2.24, 2.45) is 5.41 Å². The SMILES string of the molecule is O=C1CC[C@H](N2Cc3c(ccc4c3OCC43CCN(C4CC5(CCN(C(=O)CN6CCC(c7ccc8c(c7)C7(CCCCC7)c7nc(=O)c9c(Cl)cccc9n7-8)CC6)CC5)C4)CC3)C2=O)C(=O)N1. The number of carbonyl (C=O) groups is 4. The van der Waals surface area contributed by atoms with Crippen LogP contribution in [-0.2, 0) is 31.8 Å². The number of piperidine rings is 4. The fourth-order valence-electron chi connectivity index (χ4n) is 14.7. The maximum Gasteiger partial charge on any atom is 0.282 e. The summed E-state index contributed by atoms with van der Waals surface area (Å²) in [5.74, 6) is 1.59. The molecule has 3 spiro atoms. The lowest BCUT2D eigenvalue weighted by atomic mass is 9.59. The molecule has 0 unspecified atom stereocenters. The fraction of sp³-hybridized carbons (Fsp3) is 0.556. The Morgan fingerprint density at radius 3 is 2.38 bits per heavy atom. The summed E-state index contributed by atoms with van der Waals surface area (Å²) in [4.78, 5) is 78.7. The van der Waals surface area contributed by atoms with Gasteiger partial charge in [0.05, 0.1) is 46.7 Å². The van der Waals surface area contributed by atoms with Gasteiger partial charge < -0.3 is 19.4 Å². The number of fused-ring (bicyclic) bond motifs is 11. The molecule has 3 aromatic carbocycles. The van der Waals surface area contributed by atoms with Crippen LogP contribution in [0.1, 0.15) is 141 Å². The van der Waals surface area contributed by atoms with Crippen molar-refractivity contribution >= 4 is 46.1 Å². The van der Waals surface area contributed by atoms with Crippen LogP contribution in [0, 0.1) is 5.41 Å². The van der Waals surface area contributed by atoms with Crippen LogP contribution in [0.25, 0.3) is 16.6 Å². The third-order valence-corrected chi connectivity index (χ3v) is 19.0. The van der Waals surface area contributed by atoms with E-state index in [0.29, 0.717) is 59.5 Å². The molecule has 14 heteroatoms. The summed E-state index contributed by atoms with van der Waals surface area (Å²) in [6, 6.07) is 16.7. The molecule has 2 aliphatic carbocycles. The van der Waals surface area contributed by atoms with Gasteiger partial charge in [0.2, 0.25) is 17.7 Å². The Labute approximate surface area is 401 Å². The van der Waals surface area contributed by atoms with E-state index in [-0.39, 0.29) is 40.5 Å². The molecule has 8 heterocycles. The third kappa shape index (κ3) is 6.60. The largest absolute Gasteiger partial charge is 0.492 e. The van der Waals surface area contributed by atoms with Crippen molar-refractivity contribution in [2.45, 2.75) is 132 Å². The summed E-state index contributed by atoms with van der Waals surface area (Å²) in [7, 11) is 0. The molecule has 0 bridgehead atoms. The lowest BCUT2D eigenvalue weighted by Gasteiger charge is -2.56. The maximum atomic E-state index is 13.8. The second kappa shape index (κ2) is 16.0. The Kier molecular flexibility index (Phi) is 10.1. The molecule has 0 radical (unpaired) electrons. The first-order valence-electron chi connectivity index (χ1n) is 25.6. The van der Waals surface area contributed by atoms with Crippen molar-refractivity contribution in [3.63, 3.8) is 0 Å². The van der Waals surface area contributed by atoms with Crippen molar-refractivity contribution in [2.75, 3.05) is 52.4 Å². The van der Waals surface area contributed by atoms with E-state index in [4.69, 9.17) is 21.3 Å². The number of ether oxygens (including phenoxy) is 1. The van der Waals surface area contributed by atoms with Gasteiger partial charge in [-0.3, -0.25) is 38.8 Å². The number of hydrogen-bond donors (Lipinski definition) is 1. The molecule has 7 aliphatic heterocycles. The van der Waals surface area contributed by atoms with Crippen LogP contribution in [0.15, 0.2) is 53.3 Å². The van der Waals surface area contributed by atoms with Gasteiger partial charge in [0.1, 0.15) is 17.6 Å². The summed E-state index contributed by atoms with van der Waals surface area (Å²) >= 11 is 6.59. The molecule has 1 aromatic heterocycles. The Hall–Kier alpha value is -5.11. The average Bonchev–Trinajstić information content (AvgIpc) is 3.96. The number of likely N-dealkylation sites (tertiary alicyclic amines) is 3. The molecule has 4 saturated heterocycles. The van der Waals surface area contributed by atoms with E-state index in [0.717, 1.165) is 132 Å². The lowest BCUT2D eigenvalue weighted by Crippen LogP contribution is -2.58. The van der Waals surface area contributed by atoms with Crippen LogP contribution >= 0.6 is 11.6 Å². The average molecular weight is 939 g/mol. The molecule has 13 rings (SSSR count). The predicted octanol–water partition coefficient (Wildman–Crippen LogP) is 6.74. The molecule has 2 saturated carbocycles. The minimum atomic E-state index is -0.633. The molecular weight excluding hydrogens is 878 g/mol. The third-order valence-electron chi connectivity index (χ3n) is 18.7. The number of aromatic nitrogens is 2. The molecule has 4 aromatic rings. The summed E-state index contributed by atoms with van der Waals surface area (Å²) in [5.41, 5.74) is 7.16. The minimum Gasteiger partial charge on any atom is -0.492 e. The van der Waals surface area contributed by atoms with E-state index in [1.165, 1.54) is 36.0 Å². The van der Waals surface area contributed by atoms with Crippen molar-refractivity contribution in [1.29, 1.82) is 0 Å². The molecule has 68 heavy (non-hydrogen) atoms. The van der Waals surface area contributed by atoms with E-state index in [1.807, 2.05) is 18.2 Å². The molecule has 4 amide bonds. The van der Waals surface area contributed by atoms with Crippen LogP contribution in [0.4, 0.5) is 0 Å². The molecule has 354 valence electrons. The highest BCUT2D eigenvalue weighted by Gasteiger charge is 2.53. The van der Waals surface area contributed by atoms with E-state index in [1.54, 1.807) is 11.0 Å². The molecule has 1 N–H and O–H groups in total. The predicted molar refractivity (Wildman–Crippen MR) is 256 cm³/mol. The van der Waals surface area contributed by atoms with Gasteiger partial charge in [-0.1, -0.05) is 55.1 Å². The fourth-order valence-corrected chi connectivity index (χ4v) is 15.0. The molecule has 6 fully saturated rings. The quantitative estimate of drug-likeness (QED) is 0.216. The van der Waals surface area contributed by atoms with Crippen LogP contribution in [0.2, 0.25) is 5.02 Å². The van der Waals surface area contributed by atoms with Crippen LogP contribution in [-0.4, -0.2) is 117 Å². The van der Waals surface area contributed by atoms with Crippen molar-refractivity contribution in [3.8, 4) is 11.4 Å². The smallest absolute Gasteiger partial charge is 0.282 e. The summed E-state index contributed by atoms with van der Waals surface area (Å²) < 4.78 is 8.67. The molecule has 13 nitrogen and oxygen atoms in total. The Bertz CT molecular complexity index is 2860. The van der Waals surface area contributed by atoms with Gasteiger partial charge in [-0.15, -0.1) is 0 Å². The highest BCUT2D eigenvalue weighted by molar-refractivity contribution is 6.35. The number of imide groups is 1. The number of nitrogens with zero attached hydrogens (tertiary/aromatic N) is 6. The number of nitrogens with one attached hydrogen (secondary N) is 1. The summed E-state index contributed by atoms with van der Waals surface area (Å²) in [5, 5.41) is 3.35.